The number of halogens is 1. The number of rotatable bonds is 6. The van der Waals surface area contributed by atoms with Crippen LogP contribution >= 0.6 is 11.6 Å². The summed E-state index contributed by atoms with van der Waals surface area (Å²) in [6.07, 6.45) is 2.47. The maximum absolute atomic E-state index is 13.5. The van der Waals surface area contributed by atoms with Crippen LogP contribution in [0.3, 0.4) is 0 Å². The lowest BCUT2D eigenvalue weighted by Crippen LogP contribution is -2.54. The average Bonchev–Trinajstić information content (AvgIpc) is 3.62. The summed E-state index contributed by atoms with van der Waals surface area (Å²) in [6.45, 7) is 7.41. The molecule has 2 saturated heterocycles. The van der Waals surface area contributed by atoms with E-state index < -0.39 is 29.7 Å². The molecule has 1 aromatic heterocycles. The molecule has 12 nitrogen and oxygen atoms in total. The van der Waals surface area contributed by atoms with Crippen molar-refractivity contribution in [3.05, 3.63) is 110 Å². The van der Waals surface area contributed by atoms with Crippen molar-refractivity contribution in [1.82, 2.24) is 29.8 Å². The van der Waals surface area contributed by atoms with Crippen LogP contribution < -0.4 is 5.32 Å². The normalized spacial score (nSPS) is 18.5. The highest BCUT2D eigenvalue weighted by molar-refractivity contribution is 6.32. The molecule has 0 radical (unpaired) electrons. The first-order chi connectivity index (χ1) is 27.5. The Hall–Kier alpha value is -6.08. The number of piperidine rings is 2. The van der Waals surface area contributed by atoms with E-state index in [1.165, 1.54) is 0 Å². The molecule has 5 heterocycles. The maximum atomic E-state index is 13.5. The van der Waals surface area contributed by atoms with Crippen LogP contribution in [-0.2, 0) is 33.9 Å². The first-order valence-electron chi connectivity index (χ1n) is 19.2. The van der Waals surface area contributed by atoms with Gasteiger partial charge in [-0.15, -0.1) is 0 Å². The lowest BCUT2D eigenvalue weighted by atomic mass is 9.94. The van der Waals surface area contributed by atoms with Gasteiger partial charge in [0.1, 0.15) is 12.1 Å². The number of carbonyl (C=O) groups is 5. The summed E-state index contributed by atoms with van der Waals surface area (Å²) < 4.78 is 1.98. The second-order valence-corrected chi connectivity index (χ2v) is 15.6. The molecule has 288 valence electrons. The third kappa shape index (κ3) is 7.46. The van der Waals surface area contributed by atoms with E-state index in [4.69, 9.17) is 16.7 Å². The molecule has 0 saturated carbocycles. The number of likely N-dealkylation sites (tertiary alicyclic amines) is 1. The minimum atomic E-state index is -1.01. The smallest absolute Gasteiger partial charge is 0.262 e. The van der Waals surface area contributed by atoms with Gasteiger partial charge in [-0.3, -0.25) is 43.8 Å². The van der Waals surface area contributed by atoms with Crippen LogP contribution in [0.4, 0.5) is 0 Å². The molecule has 0 bridgehead atoms. The highest BCUT2D eigenvalue weighted by atomic mass is 35.5. The molecule has 0 aliphatic carbocycles. The standard InChI is InChI=1S/C44H40ClN7O5/c1-26-27(2)51(48-41(26)32-9-10-33(22-46)37(45)21-32)23-30-7-5-28(6-8-30)3-4-29-13-16-49(17-14-29)25-40(54)50-18-15-31-19-35-36(20-34(31)24-50)44(57)52(43(35)56)38-11-12-39(53)47-42(38)55/h5-10,19-21,29,38H,11-18,23-25H2,1-2H3,(H,47,53,55). The molecule has 0 spiro atoms. The summed E-state index contributed by atoms with van der Waals surface area (Å²) in [5, 5.41) is 16.7. The summed E-state index contributed by atoms with van der Waals surface area (Å²) >= 11 is 6.29. The van der Waals surface area contributed by atoms with E-state index >= 15 is 0 Å². The Balaban J connectivity index is 0.826. The Bertz CT molecular complexity index is 2460. The molecular weight excluding hydrogens is 742 g/mol. The van der Waals surface area contributed by atoms with Crippen molar-refractivity contribution >= 4 is 41.1 Å². The monoisotopic (exact) mass is 781 g/mol. The zero-order chi connectivity index (χ0) is 40.0. The lowest BCUT2D eigenvalue weighted by molar-refractivity contribution is -0.136. The largest absolute Gasteiger partial charge is 0.337 e. The van der Waals surface area contributed by atoms with Crippen molar-refractivity contribution in [1.29, 1.82) is 5.26 Å². The van der Waals surface area contributed by atoms with Crippen LogP contribution in [0.1, 0.15) is 85.5 Å². The number of aromatic nitrogens is 2. The Kier molecular flexibility index (Phi) is 10.3. The first-order valence-corrected chi connectivity index (χ1v) is 19.6. The van der Waals surface area contributed by atoms with Gasteiger partial charge >= 0.3 is 0 Å². The van der Waals surface area contributed by atoms with E-state index in [1.807, 2.05) is 41.6 Å². The number of hydrogen-bond acceptors (Lipinski definition) is 8. The molecule has 1 N–H and O–H groups in total. The molecule has 4 aliphatic rings. The second-order valence-electron chi connectivity index (χ2n) is 15.2. The summed E-state index contributed by atoms with van der Waals surface area (Å²) in [6, 6.07) is 18.1. The van der Waals surface area contributed by atoms with E-state index in [2.05, 4.69) is 40.3 Å². The predicted molar refractivity (Wildman–Crippen MR) is 211 cm³/mol. The molecule has 1 unspecified atom stereocenters. The number of hydrogen-bond donors (Lipinski definition) is 1. The topological polar surface area (TPSA) is 149 Å². The Morgan fingerprint density at radius 2 is 1.63 bits per heavy atom. The van der Waals surface area contributed by atoms with Crippen LogP contribution in [-0.4, -0.2) is 86.2 Å². The van der Waals surface area contributed by atoms with E-state index in [0.29, 0.717) is 43.2 Å². The number of nitrogens with one attached hydrogen (secondary N) is 1. The Labute approximate surface area is 335 Å². The zero-order valence-corrected chi connectivity index (χ0v) is 32.5. The summed E-state index contributed by atoms with van der Waals surface area (Å²) in [5.74, 6) is 4.94. The van der Waals surface area contributed by atoms with E-state index in [0.717, 1.165) is 75.6 Å². The lowest BCUT2D eigenvalue weighted by Gasteiger charge is -2.33. The van der Waals surface area contributed by atoms with Crippen molar-refractivity contribution in [2.45, 2.75) is 65.1 Å². The fourth-order valence-corrected chi connectivity index (χ4v) is 8.36. The van der Waals surface area contributed by atoms with E-state index in [9.17, 15) is 29.2 Å². The van der Waals surface area contributed by atoms with Crippen LogP contribution in [0.2, 0.25) is 5.02 Å². The van der Waals surface area contributed by atoms with Gasteiger partial charge in [-0.1, -0.05) is 41.6 Å². The molecule has 8 rings (SSSR count). The molecule has 13 heteroatoms. The number of amides is 5. The second kappa shape index (κ2) is 15.5. The summed E-state index contributed by atoms with van der Waals surface area (Å²) in [7, 11) is 0. The molecule has 4 aromatic rings. The van der Waals surface area contributed by atoms with Gasteiger partial charge in [-0.25, -0.2) is 0 Å². The SMILES string of the molecule is Cc1c(-c2ccc(C#N)c(Cl)c2)nn(Cc2ccc(C#CC3CCN(CC(=O)N4CCc5cc6c(cc5C4)C(=O)N(C4CCC(=O)NC4=O)C6=O)CC3)cc2)c1C. The summed E-state index contributed by atoms with van der Waals surface area (Å²) in [5.41, 5.74) is 8.59. The van der Waals surface area contributed by atoms with Crippen molar-refractivity contribution in [3.63, 3.8) is 0 Å². The maximum Gasteiger partial charge on any atom is 0.262 e. The van der Waals surface area contributed by atoms with Gasteiger partial charge in [0.05, 0.1) is 40.5 Å². The Morgan fingerprint density at radius 1 is 0.912 bits per heavy atom. The predicted octanol–water partition coefficient (Wildman–Crippen LogP) is 4.79. The minimum absolute atomic E-state index is 0.0219. The number of imide groups is 2. The van der Waals surface area contributed by atoms with E-state index in [1.54, 1.807) is 24.3 Å². The summed E-state index contributed by atoms with van der Waals surface area (Å²) in [4.78, 5) is 69.1. The Morgan fingerprint density at radius 3 is 2.32 bits per heavy atom. The first kappa shape index (κ1) is 37.8. The molecule has 4 aliphatic heterocycles. The minimum Gasteiger partial charge on any atom is -0.337 e. The van der Waals surface area contributed by atoms with Gasteiger partial charge < -0.3 is 4.90 Å². The highest BCUT2D eigenvalue weighted by Crippen LogP contribution is 2.33. The van der Waals surface area contributed by atoms with Crippen molar-refractivity contribution in [2.24, 2.45) is 5.92 Å². The number of fused-ring (bicyclic) bond motifs is 2. The van der Waals surface area contributed by atoms with Gasteiger partial charge in [0.25, 0.3) is 11.8 Å². The average molecular weight is 782 g/mol. The van der Waals surface area contributed by atoms with E-state index in [-0.39, 0.29) is 35.8 Å². The van der Waals surface area contributed by atoms with Crippen LogP contribution in [0.5, 0.6) is 0 Å². The molecule has 2 fully saturated rings. The fourth-order valence-electron chi connectivity index (χ4n) is 8.13. The molecule has 57 heavy (non-hydrogen) atoms. The van der Waals surface area contributed by atoms with Crippen molar-refractivity contribution in [2.75, 3.05) is 26.2 Å². The van der Waals surface area contributed by atoms with Gasteiger partial charge in [0.15, 0.2) is 0 Å². The van der Waals surface area contributed by atoms with Gasteiger partial charge in [-0.2, -0.15) is 10.4 Å². The molecule has 1 atom stereocenters. The third-order valence-corrected chi connectivity index (χ3v) is 12.0. The van der Waals surface area contributed by atoms with Gasteiger partial charge in [-0.05, 0) is 111 Å². The molecule has 5 amide bonds. The number of benzene rings is 3. The van der Waals surface area contributed by atoms with Crippen LogP contribution in [0.25, 0.3) is 11.3 Å². The van der Waals surface area contributed by atoms with Crippen molar-refractivity contribution in [3.8, 4) is 29.2 Å². The van der Waals surface area contributed by atoms with Crippen molar-refractivity contribution < 1.29 is 24.0 Å². The number of carbonyl (C=O) groups excluding carboxylic acids is 5. The number of nitrogens with zero attached hydrogens (tertiary/aromatic N) is 6. The third-order valence-electron chi connectivity index (χ3n) is 11.6. The van der Waals surface area contributed by atoms with Crippen LogP contribution in [0, 0.1) is 42.9 Å². The van der Waals surface area contributed by atoms with Crippen LogP contribution in [0.15, 0.2) is 54.6 Å². The highest BCUT2D eigenvalue weighted by Gasteiger charge is 2.45. The quantitative estimate of drug-likeness (QED) is 0.217. The van der Waals surface area contributed by atoms with Gasteiger partial charge in [0, 0.05) is 42.2 Å². The molecular formula is C44H40ClN7O5. The molecule has 3 aromatic carbocycles. The van der Waals surface area contributed by atoms with Gasteiger partial charge in [0.2, 0.25) is 17.7 Å². The zero-order valence-electron chi connectivity index (χ0n) is 31.7. The fraction of sp³-hybridized carbons (Fsp3) is 0.341. The number of nitriles is 1.